The maximum atomic E-state index is 14.7. The highest BCUT2D eigenvalue weighted by atomic mass is 32.2. The van der Waals surface area contributed by atoms with Crippen molar-refractivity contribution < 1.29 is 27.0 Å². The SMILES string of the molecule is C[C@H]1[C@H](O)CN1c1nc(-c2ccc3c(c2)COC[C@@H]3C2(S(N)(=O)=O)CC2)c2c(n1)C(F)(F)CC2. The lowest BCUT2D eigenvalue weighted by Crippen LogP contribution is -2.59. The number of hydrogen-bond acceptors (Lipinski definition) is 7. The number of hydrogen-bond donors (Lipinski definition) is 2. The monoisotopic (exact) mass is 492 g/mol. The summed E-state index contributed by atoms with van der Waals surface area (Å²) in [7, 11) is -3.75. The number of benzene rings is 1. The van der Waals surface area contributed by atoms with E-state index in [4.69, 9.17) is 9.88 Å². The smallest absolute Gasteiger partial charge is 0.290 e. The molecule has 1 saturated heterocycles. The van der Waals surface area contributed by atoms with Crippen molar-refractivity contribution in [1.82, 2.24) is 9.97 Å². The van der Waals surface area contributed by atoms with E-state index in [1.54, 1.807) is 11.8 Å². The predicted octanol–water partition coefficient (Wildman–Crippen LogP) is 2.19. The number of anilines is 1. The van der Waals surface area contributed by atoms with Gasteiger partial charge in [-0.2, -0.15) is 8.78 Å². The summed E-state index contributed by atoms with van der Waals surface area (Å²) in [5.41, 5.74) is 2.98. The maximum absolute atomic E-state index is 14.7. The van der Waals surface area contributed by atoms with Crippen LogP contribution in [0.1, 0.15) is 54.5 Å². The molecule has 8 nitrogen and oxygen atoms in total. The van der Waals surface area contributed by atoms with E-state index >= 15 is 0 Å². The predicted molar refractivity (Wildman–Crippen MR) is 120 cm³/mol. The van der Waals surface area contributed by atoms with Gasteiger partial charge < -0.3 is 14.7 Å². The second-order valence-corrected chi connectivity index (χ2v) is 11.9. The Kier molecular flexibility index (Phi) is 4.69. The van der Waals surface area contributed by atoms with E-state index in [2.05, 4.69) is 9.97 Å². The van der Waals surface area contributed by atoms with Gasteiger partial charge in [0, 0.05) is 30.0 Å². The van der Waals surface area contributed by atoms with Crippen LogP contribution >= 0.6 is 0 Å². The van der Waals surface area contributed by atoms with Crippen LogP contribution in [0.2, 0.25) is 0 Å². The van der Waals surface area contributed by atoms with E-state index in [1.165, 1.54) is 0 Å². The molecule has 3 heterocycles. The van der Waals surface area contributed by atoms with Crippen LogP contribution < -0.4 is 10.0 Å². The number of β-amino-alcohol motifs (C(OH)–C–C–N with tert-alkyl or cyclic N) is 1. The van der Waals surface area contributed by atoms with Gasteiger partial charge in [0.25, 0.3) is 5.92 Å². The average molecular weight is 493 g/mol. The fourth-order valence-electron chi connectivity index (χ4n) is 5.62. The highest BCUT2D eigenvalue weighted by Gasteiger charge is 2.59. The highest BCUT2D eigenvalue weighted by molar-refractivity contribution is 7.90. The third-order valence-electron chi connectivity index (χ3n) is 8.00. The third-order valence-corrected chi connectivity index (χ3v) is 9.82. The first-order valence-electron chi connectivity index (χ1n) is 11.5. The summed E-state index contributed by atoms with van der Waals surface area (Å²) in [5.74, 6) is -3.21. The highest BCUT2D eigenvalue weighted by Crippen LogP contribution is 2.54. The zero-order valence-electron chi connectivity index (χ0n) is 18.7. The van der Waals surface area contributed by atoms with E-state index < -0.39 is 26.8 Å². The van der Waals surface area contributed by atoms with E-state index in [9.17, 15) is 22.3 Å². The second-order valence-electron chi connectivity index (χ2n) is 9.96. The van der Waals surface area contributed by atoms with Crippen LogP contribution in [0, 0.1) is 0 Å². The molecule has 0 unspecified atom stereocenters. The summed E-state index contributed by atoms with van der Waals surface area (Å²) in [4.78, 5) is 10.6. The fourth-order valence-corrected chi connectivity index (χ4v) is 6.88. The molecular weight excluding hydrogens is 466 g/mol. The molecule has 34 heavy (non-hydrogen) atoms. The second kappa shape index (κ2) is 7.16. The van der Waals surface area contributed by atoms with Crippen molar-refractivity contribution in [3.63, 3.8) is 0 Å². The van der Waals surface area contributed by atoms with Crippen LogP contribution in [0.25, 0.3) is 11.3 Å². The molecule has 2 fully saturated rings. The Bertz CT molecular complexity index is 1300. The molecule has 1 aromatic carbocycles. The molecule has 0 radical (unpaired) electrons. The molecule has 2 aromatic rings. The molecule has 0 spiro atoms. The van der Waals surface area contributed by atoms with Gasteiger partial charge in [0.1, 0.15) is 5.69 Å². The topological polar surface area (TPSA) is 119 Å². The number of aromatic nitrogens is 2. The van der Waals surface area contributed by atoms with Crippen molar-refractivity contribution >= 4 is 16.0 Å². The van der Waals surface area contributed by atoms with Gasteiger partial charge >= 0.3 is 0 Å². The van der Waals surface area contributed by atoms with Crippen molar-refractivity contribution in [1.29, 1.82) is 0 Å². The van der Waals surface area contributed by atoms with E-state index in [0.29, 0.717) is 42.8 Å². The van der Waals surface area contributed by atoms with Gasteiger partial charge in [0.05, 0.1) is 35.8 Å². The standard InChI is InChI=1S/C23H26F2N4O4S/c1-12-18(30)9-29(12)21-27-19(16-4-5-23(24,25)20(16)28-21)13-2-3-15-14(8-13)10-33-11-17(15)22(6-7-22)34(26,31)32/h2-3,8,12,17-18,30H,4-7,9-11H2,1H3,(H2,26,31,32)/t12-,17-,18+/m0/s1. The maximum Gasteiger partial charge on any atom is 0.290 e. The first kappa shape index (κ1) is 22.3. The van der Waals surface area contributed by atoms with Crippen LogP contribution in [0.3, 0.4) is 0 Å². The van der Waals surface area contributed by atoms with E-state index in [-0.39, 0.29) is 43.1 Å². The Labute approximate surface area is 196 Å². The first-order valence-corrected chi connectivity index (χ1v) is 13.0. The van der Waals surface area contributed by atoms with Crippen LogP contribution in [0.5, 0.6) is 0 Å². The van der Waals surface area contributed by atoms with E-state index in [1.807, 2.05) is 18.2 Å². The summed E-state index contributed by atoms with van der Waals surface area (Å²) >= 11 is 0. The van der Waals surface area contributed by atoms with Crippen LogP contribution in [0.4, 0.5) is 14.7 Å². The minimum Gasteiger partial charge on any atom is -0.389 e. The van der Waals surface area contributed by atoms with Crippen molar-refractivity contribution in [2.24, 2.45) is 5.14 Å². The van der Waals surface area contributed by atoms with Crippen LogP contribution in [-0.4, -0.2) is 53.5 Å². The van der Waals surface area contributed by atoms with Crippen molar-refractivity contribution in [3.05, 3.63) is 40.6 Å². The normalized spacial score (nSPS) is 28.7. The molecule has 1 saturated carbocycles. The van der Waals surface area contributed by atoms with Gasteiger partial charge in [-0.05, 0) is 43.4 Å². The Morgan fingerprint density at radius 3 is 2.65 bits per heavy atom. The number of ether oxygens (including phenoxy) is 1. The number of rotatable bonds is 4. The lowest BCUT2D eigenvalue weighted by atomic mass is 9.87. The number of sulfonamides is 1. The molecule has 2 aliphatic heterocycles. The number of nitrogens with two attached hydrogens (primary N) is 1. The van der Waals surface area contributed by atoms with Crippen molar-refractivity contribution in [3.8, 4) is 11.3 Å². The van der Waals surface area contributed by atoms with Gasteiger partial charge in [-0.15, -0.1) is 0 Å². The first-order chi connectivity index (χ1) is 16.0. The quantitative estimate of drug-likeness (QED) is 0.672. The number of aliphatic hydroxyl groups is 1. The number of fused-ring (bicyclic) bond motifs is 2. The lowest BCUT2D eigenvalue weighted by Gasteiger charge is -2.43. The molecule has 0 bridgehead atoms. The Hall–Kier alpha value is -2.21. The number of nitrogens with zero attached hydrogens (tertiary/aromatic N) is 3. The lowest BCUT2D eigenvalue weighted by molar-refractivity contribution is -0.00603. The van der Waals surface area contributed by atoms with Crippen molar-refractivity contribution in [2.75, 3.05) is 18.1 Å². The van der Waals surface area contributed by atoms with Crippen molar-refractivity contribution in [2.45, 2.75) is 67.9 Å². The summed E-state index contributed by atoms with van der Waals surface area (Å²) in [6.45, 7) is 2.67. The molecule has 3 N–H and O–H groups in total. The van der Waals surface area contributed by atoms with Crippen LogP contribution in [0.15, 0.2) is 18.2 Å². The third kappa shape index (κ3) is 3.13. The molecule has 1 aromatic heterocycles. The average Bonchev–Trinajstić information content (AvgIpc) is 3.56. The van der Waals surface area contributed by atoms with Gasteiger partial charge in [-0.3, -0.25) is 0 Å². The number of primary sulfonamides is 1. The molecular formula is C23H26F2N4O4S. The Morgan fingerprint density at radius 2 is 2.00 bits per heavy atom. The molecule has 6 rings (SSSR count). The molecule has 0 amide bonds. The zero-order valence-corrected chi connectivity index (χ0v) is 19.5. The molecule has 3 atom stereocenters. The summed E-state index contributed by atoms with van der Waals surface area (Å²) in [5, 5.41) is 15.5. The zero-order chi connectivity index (χ0) is 24.0. The van der Waals surface area contributed by atoms with Gasteiger partial charge in [0.2, 0.25) is 16.0 Å². The van der Waals surface area contributed by atoms with Gasteiger partial charge in [-0.1, -0.05) is 12.1 Å². The summed E-state index contributed by atoms with van der Waals surface area (Å²) < 4.78 is 58.8. The fraction of sp³-hybridized carbons (Fsp3) is 0.565. The molecule has 182 valence electrons. The van der Waals surface area contributed by atoms with Gasteiger partial charge in [-0.25, -0.2) is 23.5 Å². The Balaban J connectivity index is 1.44. The van der Waals surface area contributed by atoms with E-state index in [0.717, 1.165) is 11.1 Å². The number of halogens is 2. The molecule has 11 heteroatoms. The molecule has 4 aliphatic rings. The number of aliphatic hydroxyl groups excluding tert-OH is 1. The Morgan fingerprint density at radius 1 is 1.24 bits per heavy atom. The minimum atomic E-state index is -3.75. The summed E-state index contributed by atoms with van der Waals surface area (Å²) in [6, 6.07) is 5.28. The summed E-state index contributed by atoms with van der Waals surface area (Å²) in [6.07, 6.45) is 0.295. The number of alkyl halides is 2. The minimum absolute atomic E-state index is 0.168. The van der Waals surface area contributed by atoms with Gasteiger partial charge in [0.15, 0.2) is 0 Å². The largest absolute Gasteiger partial charge is 0.389 e. The van der Waals surface area contributed by atoms with Crippen LogP contribution in [-0.2, 0) is 33.7 Å². The molecule has 2 aliphatic carbocycles.